The summed E-state index contributed by atoms with van der Waals surface area (Å²) in [5, 5.41) is 9.47. The Morgan fingerprint density at radius 3 is 2.76 bits per heavy atom. The zero-order chi connectivity index (χ0) is 17.8. The molecule has 132 valence electrons. The molecule has 2 atom stereocenters. The Kier molecular flexibility index (Phi) is 5.39. The van der Waals surface area contributed by atoms with Gasteiger partial charge in [-0.3, -0.25) is 9.69 Å². The second-order valence-corrected chi connectivity index (χ2v) is 6.73. The van der Waals surface area contributed by atoms with Crippen molar-refractivity contribution in [1.82, 2.24) is 4.90 Å². The normalized spacial score (nSPS) is 19.4. The monoisotopic (exact) mass is 339 g/mol. The summed E-state index contributed by atoms with van der Waals surface area (Å²) >= 11 is 0. The number of rotatable bonds is 5. The number of aryl methyl sites for hydroxylation is 1. The first-order chi connectivity index (χ1) is 12.1. The summed E-state index contributed by atoms with van der Waals surface area (Å²) in [5.74, 6) is -0.171. The van der Waals surface area contributed by atoms with Gasteiger partial charge < -0.3 is 9.84 Å². The zero-order valence-corrected chi connectivity index (χ0v) is 14.8. The van der Waals surface area contributed by atoms with Crippen molar-refractivity contribution in [2.45, 2.75) is 25.8 Å². The lowest BCUT2D eigenvalue weighted by molar-refractivity contribution is -0.143. The standard InChI is InChI=1S/C21H25NO3/c1-15-7-5-8-16(13-15)20(18-10-3-4-11-19(18)25-2)22-12-6-9-17(14-22)21(23)24/h3-5,7-8,10-11,13,17,20H,6,9,12,14H2,1-2H3,(H,23,24). The highest BCUT2D eigenvalue weighted by Gasteiger charge is 2.32. The summed E-state index contributed by atoms with van der Waals surface area (Å²) in [6, 6.07) is 16.5. The summed E-state index contributed by atoms with van der Waals surface area (Å²) < 4.78 is 5.60. The summed E-state index contributed by atoms with van der Waals surface area (Å²) in [7, 11) is 1.68. The van der Waals surface area contributed by atoms with Gasteiger partial charge in [0.15, 0.2) is 0 Å². The van der Waals surface area contributed by atoms with Crippen molar-refractivity contribution < 1.29 is 14.6 Å². The molecule has 0 saturated carbocycles. The predicted octanol–water partition coefficient (Wildman–Crippen LogP) is 3.89. The first-order valence-electron chi connectivity index (χ1n) is 8.76. The molecule has 1 aliphatic rings. The van der Waals surface area contributed by atoms with Crippen LogP contribution in [-0.4, -0.2) is 36.2 Å². The molecule has 0 radical (unpaired) electrons. The minimum Gasteiger partial charge on any atom is -0.496 e. The van der Waals surface area contributed by atoms with Crippen molar-refractivity contribution in [2.75, 3.05) is 20.2 Å². The average molecular weight is 339 g/mol. The van der Waals surface area contributed by atoms with Gasteiger partial charge in [-0.05, 0) is 37.9 Å². The number of piperidine rings is 1. The van der Waals surface area contributed by atoms with Gasteiger partial charge >= 0.3 is 5.97 Å². The van der Waals surface area contributed by atoms with E-state index in [0.717, 1.165) is 30.7 Å². The molecule has 1 heterocycles. The van der Waals surface area contributed by atoms with Crippen LogP contribution in [0.4, 0.5) is 0 Å². The Morgan fingerprint density at radius 1 is 1.24 bits per heavy atom. The Bertz CT molecular complexity index is 743. The van der Waals surface area contributed by atoms with Gasteiger partial charge in [0, 0.05) is 12.1 Å². The van der Waals surface area contributed by atoms with Crippen LogP contribution in [0.2, 0.25) is 0 Å². The van der Waals surface area contributed by atoms with E-state index in [1.165, 1.54) is 11.1 Å². The van der Waals surface area contributed by atoms with Crippen LogP contribution >= 0.6 is 0 Å². The lowest BCUT2D eigenvalue weighted by atomic mass is 9.90. The fourth-order valence-corrected chi connectivity index (χ4v) is 3.76. The SMILES string of the molecule is COc1ccccc1C(c1cccc(C)c1)N1CCCC(C(=O)O)C1. The third-order valence-corrected chi connectivity index (χ3v) is 4.96. The molecule has 3 rings (SSSR count). The maximum atomic E-state index is 11.5. The van der Waals surface area contributed by atoms with E-state index in [2.05, 4.69) is 42.2 Å². The summed E-state index contributed by atoms with van der Waals surface area (Å²) in [6.45, 7) is 3.53. The summed E-state index contributed by atoms with van der Waals surface area (Å²) in [6.07, 6.45) is 1.65. The number of nitrogens with zero attached hydrogens (tertiary/aromatic N) is 1. The van der Waals surface area contributed by atoms with Gasteiger partial charge in [0.25, 0.3) is 0 Å². The van der Waals surface area contributed by atoms with E-state index in [9.17, 15) is 9.90 Å². The van der Waals surface area contributed by atoms with E-state index in [1.807, 2.05) is 18.2 Å². The van der Waals surface area contributed by atoms with Gasteiger partial charge in [0.2, 0.25) is 0 Å². The second kappa shape index (κ2) is 7.70. The summed E-state index contributed by atoms with van der Waals surface area (Å²) in [5.41, 5.74) is 3.46. The lowest BCUT2D eigenvalue weighted by Gasteiger charge is -2.38. The molecule has 1 fully saturated rings. The molecule has 0 aliphatic carbocycles. The highest BCUT2D eigenvalue weighted by Crippen LogP contribution is 2.37. The minimum absolute atomic E-state index is 0.00167. The van der Waals surface area contributed by atoms with Gasteiger partial charge in [0.1, 0.15) is 5.75 Å². The van der Waals surface area contributed by atoms with E-state index >= 15 is 0 Å². The molecule has 4 nitrogen and oxygen atoms in total. The van der Waals surface area contributed by atoms with E-state index in [0.29, 0.717) is 6.54 Å². The molecule has 25 heavy (non-hydrogen) atoms. The predicted molar refractivity (Wildman–Crippen MR) is 97.9 cm³/mol. The zero-order valence-electron chi connectivity index (χ0n) is 14.8. The first kappa shape index (κ1) is 17.5. The van der Waals surface area contributed by atoms with Gasteiger partial charge in [-0.2, -0.15) is 0 Å². The van der Waals surface area contributed by atoms with Crippen molar-refractivity contribution in [2.24, 2.45) is 5.92 Å². The molecular weight excluding hydrogens is 314 g/mol. The maximum absolute atomic E-state index is 11.5. The molecule has 1 aliphatic heterocycles. The highest BCUT2D eigenvalue weighted by atomic mass is 16.5. The molecule has 0 spiro atoms. The van der Waals surface area contributed by atoms with Crippen molar-refractivity contribution in [3.63, 3.8) is 0 Å². The number of benzene rings is 2. The van der Waals surface area contributed by atoms with E-state index in [1.54, 1.807) is 7.11 Å². The molecule has 1 N–H and O–H groups in total. The number of para-hydroxylation sites is 1. The molecule has 1 saturated heterocycles. The number of aliphatic carboxylic acids is 1. The number of hydrogen-bond acceptors (Lipinski definition) is 3. The molecule has 2 aromatic rings. The van der Waals surface area contributed by atoms with Crippen LogP contribution in [0, 0.1) is 12.8 Å². The maximum Gasteiger partial charge on any atom is 0.307 e. The lowest BCUT2D eigenvalue weighted by Crippen LogP contribution is -2.41. The highest BCUT2D eigenvalue weighted by molar-refractivity contribution is 5.70. The number of methoxy groups -OCH3 is 1. The minimum atomic E-state index is -0.701. The molecule has 2 unspecified atom stereocenters. The molecule has 0 bridgehead atoms. The second-order valence-electron chi connectivity index (χ2n) is 6.73. The number of carboxylic acid groups (broad SMARTS) is 1. The van der Waals surface area contributed by atoms with E-state index in [-0.39, 0.29) is 12.0 Å². The van der Waals surface area contributed by atoms with Gasteiger partial charge in [-0.15, -0.1) is 0 Å². The fraction of sp³-hybridized carbons (Fsp3) is 0.381. The Balaban J connectivity index is 2.04. The quantitative estimate of drug-likeness (QED) is 0.898. The van der Waals surface area contributed by atoms with E-state index in [4.69, 9.17) is 4.74 Å². The number of hydrogen-bond donors (Lipinski definition) is 1. The van der Waals surface area contributed by atoms with Crippen LogP contribution < -0.4 is 4.74 Å². The van der Waals surface area contributed by atoms with Gasteiger partial charge in [0.05, 0.1) is 19.1 Å². The molecule has 4 heteroatoms. The Hall–Kier alpha value is -2.33. The van der Waals surface area contributed by atoms with Crippen LogP contribution in [0.3, 0.4) is 0 Å². The fourth-order valence-electron chi connectivity index (χ4n) is 3.76. The number of carbonyl (C=O) groups is 1. The van der Waals surface area contributed by atoms with Crippen molar-refractivity contribution in [3.8, 4) is 5.75 Å². The van der Waals surface area contributed by atoms with Crippen LogP contribution in [0.1, 0.15) is 35.6 Å². The Labute approximate surface area is 149 Å². The Morgan fingerprint density at radius 2 is 2.04 bits per heavy atom. The van der Waals surface area contributed by atoms with Gasteiger partial charge in [-0.1, -0.05) is 48.0 Å². The molecule has 2 aromatic carbocycles. The van der Waals surface area contributed by atoms with Crippen LogP contribution in [0.5, 0.6) is 5.75 Å². The van der Waals surface area contributed by atoms with Crippen LogP contribution in [-0.2, 0) is 4.79 Å². The van der Waals surface area contributed by atoms with Crippen molar-refractivity contribution in [1.29, 1.82) is 0 Å². The van der Waals surface area contributed by atoms with Gasteiger partial charge in [-0.25, -0.2) is 0 Å². The van der Waals surface area contributed by atoms with Crippen molar-refractivity contribution >= 4 is 5.97 Å². The average Bonchev–Trinajstić information content (AvgIpc) is 2.63. The summed E-state index contributed by atoms with van der Waals surface area (Å²) in [4.78, 5) is 13.8. The van der Waals surface area contributed by atoms with Crippen molar-refractivity contribution in [3.05, 3.63) is 65.2 Å². The third kappa shape index (κ3) is 3.85. The third-order valence-electron chi connectivity index (χ3n) is 4.96. The molecular formula is C21H25NO3. The number of carboxylic acids is 1. The van der Waals surface area contributed by atoms with E-state index < -0.39 is 5.97 Å². The smallest absolute Gasteiger partial charge is 0.307 e. The first-order valence-corrected chi connectivity index (χ1v) is 8.76. The largest absolute Gasteiger partial charge is 0.496 e. The molecule has 0 amide bonds. The number of ether oxygens (including phenoxy) is 1. The van der Waals surface area contributed by atoms with Crippen LogP contribution in [0.25, 0.3) is 0 Å². The number of likely N-dealkylation sites (tertiary alicyclic amines) is 1. The topological polar surface area (TPSA) is 49.8 Å². The molecule has 0 aromatic heterocycles. The van der Waals surface area contributed by atoms with Crippen LogP contribution in [0.15, 0.2) is 48.5 Å².